The number of aliphatic imine (C=N–C) groups is 1. The topological polar surface area (TPSA) is 57.6 Å². The van der Waals surface area contributed by atoms with Gasteiger partial charge in [0, 0.05) is 30.1 Å². The molecule has 0 saturated carbocycles. The van der Waals surface area contributed by atoms with E-state index in [1.165, 1.54) is 23.5 Å². The summed E-state index contributed by atoms with van der Waals surface area (Å²) in [6, 6.07) is 3.01. The first-order valence-corrected chi connectivity index (χ1v) is 10.6. The molecule has 2 aliphatic rings. The Bertz CT molecular complexity index is 1120. The molecule has 9 heteroatoms. The second-order valence-corrected chi connectivity index (χ2v) is 8.82. The third kappa shape index (κ3) is 4.14. The van der Waals surface area contributed by atoms with Crippen LogP contribution in [0.15, 0.2) is 47.2 Å². The van der Waals surface area contributed by atoms with Crippen LogP contribution in [0, 0.1) is 12.7 Å². The molecule has 0 fully saturated rings. The highest BCUT2D eigenvalue weighted by Crippen LogP contribution is 2.32. The van der Waals surface area contributed by atoms with E-state index in [1.807, 2.05) is 24.9 Å². The van der Waals surface area contributed by atoms with Gasteiger partial charge in [-0.25, -0.2) is 18.2 Å². The van der Waals surface area contributed by atoms with Crippen LogP contribution >= 0.6 is 11.3 Å². The number of aromatic nitrogens is 1. The maximum atomic E-state index is 14.5. The number of nitrogens with zero attached hydrogens (tertiary/aromatic N) is 3. The number of amidine groups is 1. The van der Waals surface area contributed by atoms with Gasteiger partial charge in [0.1, 0.15) is 11.7 Å². The van der Waals surface area contributed by atoms with Crippen LogP contribution in [0.2, 0.25) is 0 Å². The Kier molecular flexibility index (Phi) is 5.70. The van der Waals surface area contributed by atoms with E-state index in [4.69, 9.17) is 0 Å². The lowest BCUT2D eigenvalue weighted by Gasteiger charge is -2.25. The van der Waals surface area contributed by atoms with E-state index in [2.05, 4.69) is 15.3 Å². The van der Waals surface area contributed by atoms with Crippen molar-refractivity contribution in [1.29, 1.82) is 0 Å². The van der Waals surface area contributed by atoms with Crippen molar-refractivity contribution in [3.05, 3.63) is 69.1 Å². The van der Waals surface area contributed by atoms with Gasteiger partial charge in [-0.2, -0.15) is 0 Å². The minimum atomic E-state index is -2.93. The first-order valence-electron chi connectivity index (χ1n) is 9.83. The zero-order valence-corrected chi connectivity index (χ0v) is 18.0. The first-order chi connectivity index (χ1) is 14.7. The van der Waals surface area contributed by atoms with Gasteiger partial charge in [-0.15, -0.1) is 11.3 Å². The molecule has 0 bridgehead atoms. The van der Waals surface area contributed by atoms with Gasteiger partial charge in [-0.05, 0) is 26.8 Å². The first kappa shape index (κ1) is 21.3. The van der Waals surface area contributed by atoms with Crippen molar-refractivity contribution in [3.63, 3.8) is 0 Å². The van der Waals surface area contributed by atoms with Crippen LogP contribution in [-0.2, 0) is 4.79 Å². The van der Waals surface area contributed by atoms with Crippen molar-refractivity contribution >= 4 is 28.7 Å². The number of hydrogen-bond acceptors (Lipinski definition) is 5. The Morgan fingerprint density at radius 2 is 2.06 bits per heavy atom. The highest BCUT2D eigenvalue weighted by molar-refractivity contribution is 7.12. The van der Waals surface area contributed by atoms with Crippen molar-refractivity contribution in [2.45, 2.75) is 39.3 Å². The van der Waals surface area contributed by atoms with Gasteiger partial charge in [0.15, 0.2) is 0 Å². The number of fused-ring (bicyclic) bond motifs is 1. The molecule has 2 aromatic rings. The minimum absolute atomic E-state index is 0.00925. The summed E-state index contributed by atoms with van der Waals surface area (Å²) >= 11 is 1.52. The Morgan fingerprint density at radius 1 is 1.32 bits per heavy atom. The van der Waals surface area contributed by atoms with Gasteiger partial charge in [0.05, 0.1) is 33.1 Å². The molecule has 1 aromatic heterocycles. The average molecular weight is 446 g/mol. The second kappa shape index (κ2) is 8.30. The third-order valence-electron chi connectivity index (χ3n) is 5.17. The predicted octanol–water partition coefficient (Wildman–Crippen LogP) is 4.79. The zero-order chi connectivity index (χ0) is 22.3. The fourth-order valence-corrected chi connectivity index (χ4v) is 4.44. The Hall–Kier alpha value is -2.94. The van der Waals surface area contributed by atoms with Gasteiger partial charge in [0.25, 0.3) is 12.3 Å². The summed E-state index contributed by atoms with van der Waals surface area (Å²) in [5, 5.41) is 3.65. The largest absolute Gasteiger partial charge is 0.345 e. The zero-order valence-electron chi connectivity index (χ0n) is 17.2. The van der Waals surface area contributed by atoms with Crippen LogP contribution in [0.25, 0.3) is 5.57 Å². The SMILES string of the molecule is Cc1ncc(C2=CN3C[C@@H](C)N=C3C(C(=O)N[C@H](C)c3cccc(C(F)F)c3F)=C2)s1. The molecule has 2 atom stereocenters. The summed E-state index contributed by atoms with van der Waals surface area (Å²) in [6.45, 7) is 6.07. The summed E-state index contributed by atoms with van der Waals surface area (Å²) in [6.07, 6.45) is 2.52. The molecule has 31 heavy (non-hydrogen) atoms. The van der Waals surface area contributed by atoms with Crippen LogP contribution in [-0.4, -0.2) is 34.2 Å². The number of benzene rings is 1. The number of nitrogens with one attached hydrogen (secondary N) is 1. The number of hydrogen-bond donors (Lipinski definition) is 1. The number of aryl methyl sites for hydroxylation is 1. The summed E-state index contributed by atoms with van der Waals surface area (Å²) < 4.78 is 40.6. The molecule has 2 aliphatic heterocycles. The van der Waals surface area contributed by atoms with Gasteiger partial charge in [-0.3, -0.25) is 9.79 Å². The van der Waals surface area contributed by atoms with E-state index in [0.717, 1.165) is 21.5 Å². The Morgan fingerprint density at radius 3 is 2.74 bits per heavy atom. The molecule has 4 rings (SSSR count). The van der Waals surface area contributed by atoms with Gasteiger partial charge in [-0.1, -0.05) is 18.2 Å². The predicted molar refractivity (Wildman–Crippen MR) is 114 cm³/mol. The Labute approximate surface area is 182 Å². The molecule has 3 heterocycles. The molecular formula is C22H21F3N4OS. The van der Waals surface area contributed by atoms with Crippen LogP contribution in [0.3, 0.4) is 0 Å². The molecular weight excluding hydrogens is 425 g/mol. The third-order valence-corrected chi connectivity index (χ3v) is 6.13. The van der Waals surface area contributed by atoms with E-state index in [1.54, 1.807) is 19.2 Å². The molecule has 0 spiro atoms. The lowest BCUT2D eigenvalue weighted by molar-refractivity contribution is -0.117. The minimum Gasteiger partial charge on any atom is -0.345 e. The number of carbonyl (C=O) groups excluding carboxylic acids is 1. The number of halogens is 3. The van der Waals surface area contributed by atoms with Crippen molar-refractivity contribution in [3.8, 4) is 0 Å². The van der Waals surface area contributed by atoms with Crippen LogP contribution in [0.5, 0.6) is 0 Å². The normalized spacial score (nSPS) is 19.0. The van der Waals surface area contributed by atoms with Crippen LogP contribution in [0.1, 0.15) is 47.3 Å². The summed E-state index contributed by atoms with van der Waals surface area (Å²) in [5.41, 5.74) is 0.518. The highest BCUT2D eigenvalue weighted by Gasteiger charge is 2.32. The van der Waals surface area contributed by atoms with Gasteiger partial charge >= 0.3 is 0 Å². The number of amides is 1. The second-order valence-electron chi connectivity index (χ2n) is 7.59. The molecule has 0 unspecified atom stereocenters. The molecule has 0 saturated heterocycles. The molecule has 1 aromatic carbocycles. The van der Waals surface area contributed by atoms with Gasteiger partial charge in [0.2, 0.25) is 0 Å². The summed E-state index contributed by atoms with van der Waals surface area (Å²) in [4.78, 5) is 24.8. The molecule has 0 radical (unpaired) electrons. The molecule has 0 aliphatic carbocycles. The number of thiazole rings is 1. The maximum Gasteiger partial charge on any atom is 0.266 e. The van der Waals surface area contributed by atoms with Crippen molar-refractivity contribution in [2.24, 2.45) is 4.99 Å². The monoisotopic (exact) mass is 446 g/mol. The van der Waals surface area contributed by atoms with Crippen molar-refractivity contribution < 1.29 is 18.0 Å². The van der Waals surface area contributed by atoms with E-state index in [0.29, 0.717) is 18.0 Å². The quantitative estimate of drug-likeness (QED) is 0.719. The average Bonchev–Trinajstić information content (AvgIpc) is 3.31. The van der Waals surface area contributed by atoms with Crippen molar-refractivity contribution in [2.75, 3.05) is 6.54 Å². The molecule has 162 valence electrons. The highest BCUT2D eigenvalue weighted by atomic mass is 32.1. The van der Waals surface area contributed by atoms with Gasteiger partial charge < -0.3 is 10.2 Å². The summed E-state index contributed by atoms with van der Waals surface area (Å²) in [5.74, 6) is -0.903. The number of allylic oxidation sites excluding steroid dienone is 2. The fraction of sp³-hybridized carbons (Fsp3) is 0.318. The number of rotatable bonds is 5. The fourth-order valence-electron chi connectivity index (χ4n) is 3.68. The number of alkyl halides is 2. The van der Waals surface area contributed by atoms with E-state index in [9.17, 15) is 18.0 Å². The smallest absolute Gasteiger partial charge is 0.266 e. The van der Waals surface area contributed by atoms with E-state index < -0.39 is 29.8 Å². The molecule has 1 amide bonds. The lowest BCUT2D eigenvalue weighted by Crippen LogP contribution is -2.37. The number of carbonyl (C=O) groups is 1. The Balaban J connectivity index is 1.63. The summed E-state index contributed by atoms with van der Waals surface area (Å²) in [7, 11) is 0. The lowest BCUT2D eigenvalue weighted by atomic mass is 10.0. The van der Waals surface area contributed by atoms with Crippen LogP contribution < -0.4 is 5.32 Å². The van der Waals surface area contributed by atoms with E-state index in [-0.39, 0.29) is 11.6 Å². The van der Waals surface area contributed by atoms with Crippen LogP contribution in [0.4, 0.5) is 13.2 Å². The van der Waals surface area contributed by atoms with E-state index >= 15 is 0 Å². The maximum absolute atomic E-state index is 14.5. The van der Waals surface area contributed by atoms with Crippen molar-refractivity contribution in [1.82, 2.24) is 15.2 Å². The standard InChI is InChI=1S/C22H21F3N4OS/c1-11-9-29-10-14(18-8-26-13(3)31-18)7-17(21(29)27-11)22(30)28-12(2)15-5-4-6-16(19(15)23)20(24)25/h4-8,10-12,20H,9H2,1-3H3,(H,28,30)/t11-,12-/m1/s1. The molecule has 1 N–H and O–H groups in total. The molecule has 5 nitrogen and oxygen atoms in total.